The molecule has 0 amide bonds. The van der Waals surface area contributed by atoms with Crippen molar-refractivity contribution in [2.24, 2.45) is 23.7 Å². The summed E-state index contributed by atoms with van der Waals surface area (Å²) in [6, 6.07) is 19.7. The zero-order chi connectivity index (χ0) is 43.9. The van der Waals surface area contributed by atoms with Gasteiger partial charge in [0.25, 0.3) is 0 Å². The molecule has 1 saturated carbocycles. The van der Waals surface area contributed by atoms with Crippen molar-refractivity contribution < 1.29 is 9.59 Å². The van der Waals surface area contributed by atoms with Crippen LogP contribution in [-0.2, 0) is 4.79 Å². The number of carbonyl (C=O) groups is 2. The lowest BCUT2D eigenvalue weighted by Gasteiger charge is -2.19. The summed E-state index contributed by atoms with van der Waals surface area (Å²) in [5.41, 5.74) is 5.93. The molecule has 0 radical (unpaired) electrons. The Hall–Kier alpha value is -5.20. The molecule has 4 aliphatic carbocycles. The van der Waals surface area contributed by atoms with E-state index in [1.54, 1.807) is 40.9 Å². The van der Waals surface area contributed by atoms with Gasteiger partial charge in [-0.1, -0.05) is 115 Å². The average molecular weight is 889 g/mol. The zero-order valence-corrected chi connectivity index (χ0v) is 38.8. The van der Waals surface area contributed by atoms with Crippen molar-refractivity contribution in [2.75, 3.05) is 11.5 Å². The molecule has 2 heterocycles. The molecule has 1 fully saturated rings. The van der Waals surface area contributed by atoms with Gasteiger partial charge in [0.15, 0.2) is 11.6 Å². The molecule has 2 aromatic heterocycles. The molecule has 4 unspecified atom stereocenters. The van der Waals surface area contributed by atoms with Gasteiger partial charge in [0, 0.05) is 70.4 Å². The van der Waals surface area contributed by atoms with Crippen molar-refractivity contribution >= 4 is 81.1 Å². The molecular formula is C52H48N4O2S4. The molecule has 0 aliphatic heterocycles. The Morgan fingerprint density at radius 2 is 1.19 bits per heavy atom. The molecular weight excluding hydrogens is 841 g/mol. The number of carbonyl (C=O) groups excluding carboxylic acids is 2. The maximum Gasteiger partial charge on any atom is 0.194 e. The fourth-order valence-corrected chi connectivity index (χ4v) is 14.2. The molecule has 0 bridgehead atoms. The number of allylic oxidation sites excluding steroid dienone is 10. The second-order valence-electron chi connectivity index (χ2n) is 16.1. The third-order valence-corrected chi connectivity index (χ3v) is 17.5. The Morgan fingerprint density at radius 3 is 1.71 bits per heavy atom. The van der Waals surface area contributed by atoms with Gasteiger partial charge in [-0.25, -0.2) is 0 Å². The normalized spacial score (nSPS) is 19.1. The lowest BCUT2D eigenvalue weighted by molar-refractivity contribution is -0.116. The van der Waals surface area contributed by atoms with Crippen molar-refractivity contribution in [3.63, 3.8) is 0 Å². The lowest BCUT2D eigenvalue weighted by Crippen LogP contribution is -2.12. The number of benzene rings is 1. The third kappa shape index (κ3) is 8.73. The van der Waals surface area contributed by atoms with Crippen molar-refractivity contribution in [1.82, 2.24) is 0 Å². The highest BCUT2D eigenvalue weighted by atomic mass is 32.2. The summed E-state index contributed by atoms with van der Waals surface area (Å²) in [5, 5.41) is 40.1. The molecule has 4 aliphatic rings. The van der Waals surface area contributed by atoms with E-state index >= 15 is 0 Å². The highest BCUT2D eigenvalue weighted by molar-refractivity contribution is 8.22. The molecule has 62 heavy (non-hydrogen) atoms. The second-order valence-corrected chi connectivity index (χ2v) is 20.5. The minimum atomic E-state index is -0.455. The van der Waals surface area contributed by atoms with E-state index in [1.807, 2.05) is 78.2 Å². The second kappa shape index (κ2) is 20.3. The molecule has 0 saturated heterocycles. The van der Waals surface area contributed by atoms with E-state index < -0.39 is 5.92 Å². The van der Waals surface area contributed by atoms with Crippen molar-refractivity contribution in [3.8, 4) is 34.0 Å². The molecule has 0 N–H and O–H groups in total. The highest BCUT2D eigenvalue weighted by Crippen LogP contribution is 2.58. The van der Waals surface area contributed by atoms with Crippen LogP contribution in [0.4, 0.5) is 0 Å². The summed E-state index contributed by atoms with van der Waals surface area (Å²) in [5.74, 6) is 2.06. The van der Waals surface area contributed by atoms with Gasteiger partial charge in [-0.2, -0.15) is 21.0 Å². The van der Waals surface area contributed by atoms with E-state index in [9.17, 15) is 30.6 Å². The van der Waals surface area contributed by atoms with Gasteiger partial charge >= 0.3 is 0 Å². The van der Waals surface area contributed by atoms with Gasteiger partial charge < -0.3 is 0 Å². The number of hydrogen-bond acceptors (Lipinski definition) is 10. The van der Waals surface area contributed by atoms with Gasteiger partial charge in [-0.3, -0.25) is 9.59 Å². The van der Waals surface area contributed by atoms with Crippen molar-refractivity contribution in [3.05, 3.63) is 125 Å². The van der Waals surface area contributed by atoms with E-state index in [0.29, 0.717) is 45.3 Å². The first-order valence-electron chi connectivity index (χ1n) is 21.6. The van der Waals surface area contributed by atoms with E-state index in [0.717, 1.165) is 60.6 Å². The molecule has 7 rings (SSSR count). The standard InChI is InChI=1S/C52H48N4O2S4/c1-5-9-15-31(7-3)29-59-52(60-30-32(8-4)16-10-6-2)47-43-23-35(21-41-45(33(25-53)26-54)37-17-11-13-19-39(37)48(41)57)61-50(43)51-44(47)24-36(62-51)22-42-46(34(27-55)28-56)38-18-12-14-20-40(38)49(42)58/h11-14,17-24,31-32,37,39H,5-10,15-16,29-30H2,1-4H3/b41-21-,42-22-,52-47?. The molecule has 3 aromatic rings. The molecule has 6 nitrogen and oxygen atoms in total. The van der Waals surface area contributed by atoms with Gasteiger partial charge in [0.1, 0.15) is 35.4 Å². The Labute approximate surface area is 382 Å². The smallest absolute Gasteiger partial charge is 0.194 e. The minimum Gasteiger partial charge on any atom is -0.293 e. The SMILES string of the molecule is CCCCC(CC)CSC(SCC(CC)CCCC)=C1c2cc(/C=C3\C(=O)c4ccccc4C3=C(C#N)C#N)sc2-c2sc(/C=C3\C(=O)C4C=CC=CC4C3=C(C#N)C#N)cc21. The fourth-order valence-electron chi connectivity index (χ4n) is 8.76. The summed E-state index contributed by atoms with van der Waals surface area (Å²) in [7, 11) is 0. The monoisotopic (exact) mass is 888 g/mol. The van der Waals surface area contributed by atoms with Crippen LogP contribution in [0.1, 0.15) is 116 Å². The molecule has 1 aromatic carbocycles. The number of Topliss-reactive ketones (excluding diaryl/α,β-unsaturated/α-hetero) is 2. The topological polar surface area (TPSA) is 129 Å². The molecule has 10 heteroatoms. The van der Waals surface area contributed by atoms with Crippen molar-refractivity contribution in [2.45, 2.75) is 79.1 Å². The third-order valence-electron chi connectivity index (χ3n) is 12.3. The number of nitriles is 4. The number of ketones is 2. The average Bonchev–Trinajstić information content (AvgIpc) is 4.08. The summed E-state index contributed by atoms with van der Waals surface area (Å²) in [6.45, 7) is 9.07. The number of hydrogen-bond donors (Lipinski definition) is 0. The van der Waals surface area contributed by atoms with Gasteiger partial charge in [-0.15, -0.1) is 46.2 Å². The maximum atomic E-state index is 14.0. The summed E-state index contributed by atoms with van der Waals surface area (Å²) < 4.78 is 1.28. The van der Waals surface area contributed by atoms with Crippen LogP contribution in [0, 0.1) is 69.0 Å². The Kier molecular flexibility index (Phi) is 14.7. The number of fused-ring (bicyclic) bond motifs is 5. The molecule has 4 atom stereocenters. The zero-order valence-electron chi connectivity index (χ0n) is 35.5. The molecule has 0 spiro atoms. The van der Waals surface area contributed by atoms with Crippen LogP contribution >= 0.6 is 46.2 Å². The first kappa shape index (κ1) is 44.8. The molecule has 312 valence electrons. The van der Waals surface area contributed by atoms with E-state index in [1.165, 1.54) is 42.8 Å². The van der Waals surface area contributed by atoms with Crippen LogP contribution in [0.2, 0.25) is 0 Å². The quantitative estimate of drug-likeness (QED) is 0.0803. The number of unbranched alkanes of at least 4 members (excludes halogenated alkanes) is 2. The summed E-state index contributed by atoms with van der Waals surface area (Å²) in [4.78, 5) is 31.9. The number of thiophene rings is 2. The predicted molar refractivity (Wildman–Crippen MR) is 259 cm³/mol. The Bertz CT molecular complexity index is 2650. The van der Waals surface area contributed by atoms with Crippen molar-refractivity contribution in [1.29, 1.82) is 21.0 Å². The van der Waals surface area contributed by atoms with Crippen LogP contribution in [-0.4, -0.2) is 23.1 Å². The first-order chi connectivity index (χ1) is 30.2. The van der Waals surface area contributed by atoms with Crippen LogP contribution < -0.4 is 0 Å². The van der Waals surface area contributed by atoms with Gasteiger partial charge in [-0.05, 0) is 60.1 Å². The first-order valence-corrected chi connectivity index (χ1v) is 25.2. The number of nitrogens with zero attached hydrogens (tertiary/aromatic N) is 4. The lowest BCUT2D eigenvalue weighted by atomic mass is 9.87. The Balaban J connectivity index is 1.42. The van der Waals surface area contributed by atoms with Gasteiger partial charge in [0.05, 0.1) is 15.7 Å². The van der Waals surface area contributed by atoms with E-state index in [2.05, 4.69) is 52.0 Å². The number of thioether (sulfide) groups is 2. The summed E-state index contributed by atoms with van der Waals surface area (Å²) >= 11 is 7.09. The van der Waals surface area contributed by atoms with Crippen LogP contribution in [0.3, 0.4) is 0 Å². The van der Waals surface area contributed by atoms with E-state index in [-0.39, 0.29) is 28.6 Å². The highest BCUT2D eigenvalue weighted by Gasteiger charge is 2.43. The summed E-state index contributed by atoms with van der Waals surface area (Å²) in [6.07, 6.45) is 20.6. The Morgan fingerprint density at radius 1 is 0.677 bits per heavy atom. The predicted octanol–water partition coefficient (Wildman–Crippen LogP) is 14.2. The largest absolute Gasteiger partial charge is 0.293 e. The van der Waals surface area contributed by atoms with Crippen LogP contribution in [0.5, 0.6) is 0 Å². The minimum absolute atomic E-state index is 0.0369. The van der Waals surface area contributed by atoms with E-state index in [4.69, 9.17) is 0 Å². The number of rotatable bonds is 16. The van der Waals surface area contributed by atoms with Crippen LogP contribution in [0.15, 0.2) is 92.8 Å². The maximum absolute atomic E-state index is 14.0. The fraction of sp³-hybridized carbons (Fsp3) is 0.346. The van der Waals surface area contributed by atoms with Gasteiger partial charge in [0.2, 0.25) is 0 Å². The van der Waals surface area contributed by atoms with Crippen LogP contribution in [0.25, 0.3) is 33.1 Å².